The van der Waals surface area contributed by atoms with Gasteiger partial charge in [0, 0.05) is 0 Å². The molecule has 0 aromatic heterocycles. The fourth-order valence-electron chi connectivity index (χ4n) is 1.19. The second kappa shape index (κ2) is 4.68. The standard InChI is InChI=1S/C9H8O3.K/c10-9(11)8-7(12-8)6-4-2-1-3-5-6;/h1-5,7-8H,(H,10,11);/q;+1/p-1/t7-,8-;/m1./s1. The minimum absolute atomic E-state index is 0. The summed E-state index contributed by atoms with van der Waals surface area (Å²) in [7, 11) is 0. The Morgan fingerprint density at radius 1 is 1.31 bits per heavy atom. The SMILES string of the molecule is O=C([O-])[C@@H]1O[C@@H]1c1ccccc1.[K+]. The van der Waals surface area contributed by atoms with Crippen molar-refractivity contribution in [2.24, 2.45) is 0 Å². The van der Waals surface area contributed by atoms with Gasteiger partial charge in [-0.3, -0.25) is 0 Å². The molecule has 13 heavy (non-hydrogen) atoms. The van der Waals surface area contributed by atoms with Gasteiger partial charge in [0.15, 0.2) is 0 Å². The summed E-state index contributed by atoms with van der Waals surface area (Å²) in [5, 5.41) is 10.3. The molecule has 4 heteroatoms. The number of rotatable bonds is 2. The first-order valence-corrected chi connectivity index (χ1v) is 3.70. The summed E-state index contributed by atoms with van der Waals surface area (Å²) in [5.41, 5.74) is 0.895. The molecule has 0 aliphatic carbocycles. The van der Waals surface area contributed by atoms with Crippen LogP contribution in [0.15, 0.2) is 30.3 Å². The van der Waals surface area contributed by atoms with Crippen LogP contribution >= 0.6 is 0 Å². The zero-order valence-corrected chi connectivity index (χ0v) is 10.4. The first kappa shape index (κ1) is 11.4. The number of carbonyl (C=O) groups is 1. The molecule has 0 spiro atoms. The zero-order valence-electron chi connectivity index (χ0n) is 7.27. The molecule has 0 unspecified atom stereocenters. The molecular weight excluding hydrogens is 195 g/mol. The Hall–Kier alpha value is 0.286. The molecule has 0 radical (unpaired) electrons. The van der Waals surface area contributed by atoms with E-state index in [2.05, 4.69) is 0 Å². The molecule has 1 aliphatic heterocycles. The van der Waals surface area contributed by atoms with Crippen molar-refractivity contribution in [1.29, 1.82) is 0 Å². The Bertz CT molecular complexity index is 299. The van der Waals surface area contributed by atoms with Gasteiger partial charge in [0.1, 0.15) is 12.2 Å². The molecule has 0 saturated carbocycles. The van der Waals surface area contributed by atoms with Crippen LogP contribution in [-0.2, 0) is 9.53 Å². The third-order valence-corrected chi connectivity index (χ3v) is 1.85. The van der Waals surface area contributed by atoms with Crippen molar-refractivity contribution in [3.8, 4) is 0 Å². The van der Waals surface area contributed by atoms with Gasteiger partial charge in [0.05, 0.1) is 5.97 Å². The van der Waals surface area contributed by atoms with E-state index in [1.165, 1.54) is 0 Å². The average Bonchev–Trinajstić information content (AvgIpc) is 2.84. The normalized spacial score (nSPS) is 24.6. The van der Waals surface area contributed by atoms with Crippen molar-refractivity contribution in [1.82, 2.24) is 0 Å². The smallest absolute Gasteiger partial charge is 0.547 e. The molecular formula is C9H7KO3. The minimum Gasteiger partial charge on any atom is -0.547 e. The van der Waals surface area contributed by atoms with E-state index in [0.717, 1.165) is 5.56 Å². The molecule has 2 rings (SSSR count). The summed E-state index contributed by atoms with van der Waals surface area (Å²) in [5.74, 6) is -1.14. The Morgan fingerprint density at radius 3 is 2.38 bits per heavy atom. The van der Waals surface area contributed by atoms with Crippen molar-refractivity contribution in [2.75, 3.05) is 0 Å². The Balaban J connectivity index is 0.000000845. The topological polar surface area (TPSA) is 52.7 Å². The van der Waals surface area contributed by atoms with Gasteiger partial charge in [0.25, 0.3) is 0 Å². The van der Waals surface area contributed by atoms with E-state index in [1.54, 1.807) is 0 Å². The number of carbonyl (C=O) groups excluding carboxylic acids is 1. The number of hydrogen-bond donors (Lipinski definition) is 0. The van der Waals surface area contributed by atoms with Crippen LogP contribution in [0.25, 0.3) is 0 Å². The largest absolute Gasteiger partial charge is 1.00 e. The van der Waals surface area contributed by atoms with Crippen LogP contribution in [0.3, 0.4) is 0 Å². The van der Waals surface area contributed by atoms with E-state index in [4.69, 9.17) is 4.74 Å². The maximum absolute atomic E-state index is 10.3. The number of epoxide rings is 1. The van der Waals surface area contributed by atoms with Crippen molar-refractivity contribution in [3.05, 3.63) is 35.9 Å². The maximum Gasteiger partial charge on any atom is 1.00 e. The van der Waals surface area contributed by atoms with Gasteiger partial charge in [-0.15, -0.1) is 0 Å². The molecule has 0 amide bonds. The van der Waals surface area contributed by atoms with Crippen LogP contribution in [-0.4, -0.2) is 12.1 Å². The number of hydrogen-bond acceptors (Lipinski definition) is 3. The predicted octanol–water partition coefficient (Wildman–Crippen LogP) is -3.12. The van der Waals surface area contributed by atoms with E-state index in [1.807, 2.05) is 30.3 Å². The number of benzene rings is 1. The van der Waals surface area contributed by atoms with Gasteiger partial charge in [0.2, 0.25) is 0 Å². The molecule has 1 heterocycles. The van der Waals surface area contributed by atoms with E-state index in [-0.39, 0.29) is 57.5 Å². The van der Waals surface area contributed by atoms with E-state index in [9.17, 15) is 9.90 Å². The molecule has 1 aliphatic rings. The van der Waals surface area contributed by atoms with Gasteiger partial charge in [-0.25, -0.2) is 0 Å². The second-order valence-corrected chi connectivity index (χ2v) is 2.71. The van der Waals surface area contributed by atoms with Gasteiger partial charge in [-0.05, 0) is 5.56 Å². The van der Waals surface area contributed by atoms with Gasteiger partial charge in [-0.2, -0.15) is 0 Å². The number of ether oxygens (including phenoxy) is 1. The van der Waals surface area contributed by atoms with Crippen LogP contribution in [0.5, 0.6) is 0 Å². The molecule has 0 bridgehead atoms. The molecule has 1 fully saturated rings. The molecule has 1 aromatic carbocycles. The zero-order chi connectivity index (χ0) is 8.55. The fraction of sp³-hybridized carbons (Fsp3) is 0.222. The van der Waals surface area contributed by atoms with Crippen molar-refractivity contribution < 1.29 is 66.0 Å². The average molecular weight is 202 g/mol. The Morgan fingerprint density at radius 2 is 1.92 bits per heavy atom. The van der Waals surface area contributed by atoms with E-state index in [0.29, 0.717) is 0 Å². The first-order chi connectivity index (χ1) is 5.79. The van der Waals surface area contributed by atoms with Crippen molar-refractivity contribution in [3.63, 3.8) is 0 Å². The van der Waals surface area contributed by atoms with Crippen LogP contribution in [0.2, 0.25) is 0 Å². The second-order valence-electron chi connectivity index (χ2n) is 2.71. The Labute approximate surface area is 119 Å². The fourth-order valence-corrected chi connectivity index (χ4v) is 1.19. The molecule has 62 valence electrons. The van der Waals surface area contributed by atoms with Crippen molar-refractivity contribution >= 4 is 5.97 Å². The molecule has 1 aromatic rings. The summed E-state index contributed by atoms with van der Waals surface area (Å²) in [4.78, 5) is 10.3. The molecule has 2 atom stereocenters. The quantitative estimate of drug-likeness (QED) is 0.377. The van der Waals surface area contributed by atoms with Crippen LogP contribution in [0, 0.1) is 0 Å². The van der Waals surface area contributed by atoms with E-state index < -0.39 is 12.1 Å². The van der Waals surface area contributed by atoms with Crippen molar-refractivity contribution in [2.45, 2.75) is 12.2 Å². The summed E-state index contributed by atoms with van der Waals surface area (Å²) >= 11 is 0. The van der Waals surface area contributed by atoms with E-state index >= 15 is 0 Å². The van der Waals surface area contributed by atoms with Crippen LogP contribution < -0.4 is 56.5 Å². The number of carboxylic acid groups (broad SMARTS) is 1. The molecule has 0 N–H and O–H groups in total. The summed E-state index contributed by atoms with van der Waals surface area (Å²) in [6.45, 7) is 0. The third-order valence-electron chi connectivity index (χ3n) is 1.85. The monoisotopic (exact) mass is 202 g/mol. The Kier molecular flexibility index (Phi) is 4.09. The third kappa shape index (κ3) is 2.62. The summed E-state index contributed by atoms with van der Waals surface area (Å²) in [6.07, 6.45) is -1.04. The van der Waals surface area contributed by atoms with Crippen LogP contribution in [0.1, 0.15) is 11.7 Å². The van der Waals surface area contributed by atoms with Gasteiger partial charge >= 0.3 is 51.4 Å². The first-order valence-electron chi connectivity index (χ1n) is 3.70. The maximum atomic E-state index is 10.3. The minimum atomic E-state index is -1.14. The van der Waals surface area contributed by atoms with Crippen LogP contribution in [0.4, 0.5) is 0 Å². The number of carboxylic acids is 1. The number of aliphatic carboxylic acids is 1. The summed E-state index contributed by atoms with van der Waals surface area (Å²) < 4.78 is 4.90. The summed E-state index contributed by atoms with van der Waals surface area (Å²) in [6, 6.07) is 9.26. The molecule has 1 saturated heterocycles. The predicted molar refractivity (Wildman–Crippen MR) is 39.1 cm³/mol. The molecule has 3 nitrogen and oxygen atoms in total. The van der Waals surface area contributed by atoms with Gasteiger partial charge in [-0.1, -0.05) is 30.3 Å². The van der Waals surface area contributed by atoms with Gasteiger partial charge < -0.3 is 14.6 Å².